The molecule has 0 aliphatic rings. The zero-order valence-electron chi connectivity index (χ0n) is 12.0. The molecule has 0 heterocycles. The first-order chi connectivity index (χ1) is 9.79. The molecule has 106 valence electrons. The summed E-state index contributed by atoms with van der Waals surface area (Å²) < 4.78 is 1.16. The van der Waals surface area contributed by atoms with Gasteiger partial charge in [0.2, 0.25) is 0 Å². The van der Waals surface area contributed by atoms with Crippen LogP contribution >= 0.6 is 15.9 Å². The van der Waals surface area contributed by atoms with E-state index in [0.717, 1.165) is 24.0 Å². The highest BCUT2D eigenvalue weighted by Crippen LogP contribution is 2.23. The van der Waals surface area contributed by atoms with Crippen LogP contribution < -0.4 is 5.32 Å². The summed E-state index contributed by atoms with van der Waals surface area (Å²) in [6.45, 7) is 4.32. The first kappa shape index (κ1) is 15.3. The second-order valence-electron chi connectivity index (χ2n) is 5.15. The molecule has 0 aliphatic heterocycles. The molecule has 0 bridgehead atoms. The van der Waals surface area contributed by atoms with Gasteiger partial charge in [0.15, 0.2) is 0 Å². The SMILES string of the molecule is CCCNCC(Cc1ccccc1)c1cccc(Br)c1. The van der Waals surface area contributed by atoms with Crippen LogP contribution in [-0.2, 0) is 6.42 Å². The Morgan fingerprint density at radius 3 is 2.55 bits per heavy atom. The lowest BCUT2D eigenvalue weighted by Gasteiger charge is -2.18. The molecule has 1 atom stereocenters. The third-order valence-electron chi connectivity index (χ3n) is 3.46. The van der Waals surface area contributed by atoms with E-state index in [2.05, 4.69) is 82.8 Å². The Bertz CT molecular complexity index is 510. The van der Waals surface area contributed by atoms with Crippen molar-refractivity contribution in [1.82, 2.24) is 5.32 Å². The summed E-state index contributed by atoms with van der Waals surface area (Å²) in [7, 11) is 0. The van der Waals surface area contributed by atoms with Crippen molar-refractivity contribution in [3.63, 3.8) is 0 Å². The molecule has 0 spiro atoms. The van der Waals surface area contributed by atoms with Crippen molar-refractivity contribution in [2.45, 2.75) is 25.7 Å². The van der Waals surface area contributed by atoms with Gasteiger partial charge in [0.1, 0.15) is 0 Å². The van der Waals surface area contributed by atoms with E-state index in [9.17, 15) is 0 Å². The molecule has 2 aromatic rings. The van der Waals surface area contributed by atoms with E-state index in [1.54, 1.807) is 0 Å². The van der Waals surface area contributed by atoms with Crippen molar-refractivity contribution in [3.05, 3.63) is 70.2 Å². The van der Waals surface area contributed by atoms with Gasteiger partial charge in [-0.25, -0.2) is 0 Å². The first-order valence-corrected chi connectivity index (χ1v) is 8.09. The van der Waals surface area contributed by atoms with Crippen LogP contribution in [0.3, 0.4) is 0 Å². The smallest absolute Gasteiger partial charge is 0.0178 e. The van der Waals surface area contributed by atoms with E-state index in [4.69, 9.17) is 0 Å². The molecule has 2 aromatic carbocycles. The fourth-order valence-electron chi connectivity index (χ4n) is 2.42. The van der Waals surface area contributed by atoms with Crippen molar-refractivity contribution in [3.8, 4) is 0 Å². The van der Waals surface area contributed by atoms with Gasteiger partial charge in [-0.1, -0.05) is 65.3 Å². The molecule has 0 aromatic heterocycles. The summed E-state index contributed by atoms with van der Waals surface area (Å²) in [6.07, 6.45) is 2.25. The van der Waals surface area contributed by atoms with E-state index in [1.807, 2.05) is 0 Å². The van der Waals surface area contributed by atoms with Crippen LogP contribution in [0.5, 0.6) is 0 Å². The molecule has 1 N–H and O–H groups in total. The van der Waals surface area contributed by atoms with Crippen molar-refractivity contribution in [2.75, 3.05) is 13.1 Å². The minimum absolute atomic E-state index is 0.515. The predicted molar refractivity (Wildman–Crippen MR) is 90.2 cm³/mol. The minimum atomic E-state index is 0.515. The number of halogens is 1. The number of benzene rings is 2. The molecule has 1 nitrogen and oxygen atoms in total. The molecule has 0 radical (unpaired) electrons. The van der Waals surface area contributed by atoms with Crippen LogP contribution in [0.2, 0.25) is 0 Å². The Morgan fingerprint density at radius 2 is 1.85 bits per heavy atom. The monoisotopic (exact) mass is 331 g/mol. The topological polar surface area (TPSA) is 12.0 Å². The lowest BCUT2D eigenvalue weighted by atomic mass is 9.92. The van der Waals surface area contributed by atoms with Gasteiger partial charge in [-0.15, -0.1) is 0 Å². The zero-order valence-corrected chi connectivity index (χ0v) is 13.6. The Balaban J connectivity index is 2.11. The number of rotatable bonds is 7. The standard InChI is InChI=1S/C18H22BrN/c1-2-11-20-14-17(12-15-7-4-3-5-8-15)16-9-6-10-18(19)13-16/h3-10,13,17,20H,2,11-12,14H2,1H3. The van der Waals surface area contributed by atoms with Crippen LogP contribution in [0.15, 0.2) is 59.1 Å². The Morgan fingerprint density at radius 1 is 1.05 bits per heavy atom. The Kier molecular flexibility index (Phi) is 6.28. The Labute approximate surface area is 130 Å². The average Bonchev–Trinajstić information content (AvgIpc) is 2.47. The highest BCUT2D eigenvalue weighted by atomic mass is 79.9. The Hall–Kier alpha value is -1.12. The zero-order chi connectivity index (χ0) is 14.2. The van der Waals surface area contributed by atoms with Gasteiger partial charge in [-0.2, -0.15) is 0 Å². The third-order valence-corrected chi connectivity index (χ3v) is 3.96. The minimum Gasteiger partial charge on any atom is -0.316 e. The average molecular weight is 332 g/mol. The van der Waals surface area contributed by atoms with E-state index >= 15 is 0 Å². The molecule has 2 heteroatoms. The maximum atomic E-state index is 3.58. The molecular weight excluding hydrogens is 310 g/mol. The molecular formula is C18H22BrN. The summed E-state index contributed by atoms with van der Waals surface area (Å²) >= 11 is 3.58. The predicted octanol–water partition coefficient (Wildman–Crippen LogP) is 4.78. The molecule has 0 fully saturated rings. The summed E-state index contributed by atoms with van der Waals surface area (Å²) in [6, 6.07) is 19.4. The van der Waals surface area contributed by atoms with Crippen LogP contribution in [0.1, 0.15) is 30.4 Å². The fraction of sp³-hybridized carbons (Fsp3) is 0.333. The van der Waals surface area contributed by atoms with Crippen molar-refractivity contribution in [2.24, 2.45) is 0 Å². The number of nitrogens with one attached hydrogen (secondary N) is 1. The summed E-state index contributed by atoms with van der Waals surface area (Å²) in [5, 5.41) is 3.56. The van der Waals surface area contributed by atoms with E-state index in [1.165, 1.54) is 17.5 Å². The first-order valence-electron chi connectivity index (χ1n) is 7.29. The lowest BCUT2D eigenvalue weighted by molar-refractivity contribution is 0.576. The van der Waals surface area contributed by atoms with Crippen LogP contribution in [0, 0.1) is 0 Å². The van der Waals surface area contributed by atoms with Gasteiger partial charge in [0.25, 0.3) is 0 Å². The maximum Gasteiger partial charge on any atom is 0.0178 e. The molecule has 0 amide bonds. The quantitative estimate of drug-likeness (QED) is 0.720. The highest BCUT2D eigenvalue weighted by Gasteiger charge is 2.12. The van der Waals surface area contributed by atoms with Gasteiger partial charge in [0.05, 0.1) is 0 Å². The normalized spacial score (nSPS) is 12.3. The fourth-order valence-corrected chi connectivity index (χ4v) is 2.84. The second kappa shape index (κ2) is 8.23. The van der Waals surface area contributed by atoms with Crippen LogP contribution in [0.25, 0.3) is 0 Å². The summed E-state index contributed by atoms with van der Waals surface area (Å²) in [5.74, 6) is 0.515. The van der Waals surface area contributed by atoms with Gasteiger partial charge >= 0.3 is 0 Å². The summed E-state index contributed by atoms with van der Waals surface area (Å²) in [5.41, 5.74) is 2.79. The van der Waals surface area contributed by atoms with Crippen LogP contribution in [0.4, 0.5) is 0 Å². The molecule has 2 rings (SSSR count). The third kappa shape index (κ3) is 4.77. The van der Waals surface area contributed by atoms with Gasteiger partial charge in [-0.3, -0.25) is 0 Å². The van der Waals surface area contributed by atoms with Crippen LogP contribution in [-0.4, -0.2) is 13.1 Å². The number of hydrogen-bond acceptors (Lipinski definition) is 1. The van der Waals surface area contributed by atoms with Crippen molar-refractivity contribution >= 4 is 15.9 Å². The molecule has 0 aliphatic carbocycles. The molecule has 1 unspecified atom stereocenters. The lowest BCUT2D eigenvalue weighted by Crippen LogP contribution is -2.23. The van der Waals surface area contributed by atoms with Crippen molar-refractivity contribution < 1.29 is 0 Å². The van der Waals surface area contributed by atoms with E-state index in [-0.39, 0.29) is 0 Å². The number of hydrogen-bond donors (Lipinski definition) is 1. The van der Waals surface area contributed by atoms with Gasteiger partial charge in [-0.05, 0) is 42.6 Å². The van der Waals surface area contributed by atoms with Gasteiger partial charge in [0, 0.05) is 16.9 Å². The highest BCUT2D eigenvalue weighted by molar-refractivity contribution is 9.10. The maximum absolute atomic E-state index is 3.58. The summed E-state index contributed by atoms with van der Waals surface area (Å²) in [4.78, 5) is 0. The van der Waals surface area contributed by atoms with E-state index < -0.39 is 0 Å². The molecule has 0 saturated heterocycles. The van der Waals surface area contributed by atoms with Crippen molar-refractivity contribution in [1.29, 1.82) is 0 Å². The second-order valence-corrected chi connectivity index (χ2v) is 6.06. The molecule has 0 saturated carbocycles. The van der Waals surface area contributed by atoms with Gasteiger partial charge < -0.3 is 5.32 Å². The largest absolute Gasteiger partial charge is 0.316 e. The molecule has 20 heavy (non-hydrogen) atoms. The van der Waals surface area contributed by atoms with E-state index in [0.29, 0.717) is 5.92 Å².